The van der Waals surface area contributed by atoms with Gasteiger partial charge in [0.2, 0.25) is 0 Å². The average Bonchev–Trinajstić information content (AvgIpc) is 2.79. The fourth-order valence-electron chi connectivity index (χ4n) is 3.34. The fraction of sp³-hybridized carbons (Fsp3) is 0.278. The van der Waals surface area contributed by atoms with Crippen LogP contribution in [0.25, 0.3) is 11.1 Å². The summed E-state index contributed by atoms with van der Waals surface area (Å²) in [6.45, 7) is 2.16. The van der Waals surface area contributed by atoms with E-state index in [2.05, 4.69) is 43.3 Å². The summed E-state index contributed by atoms with van der Waals surface area (Å²) in [5.74, 6) is -0.488. The Hall–Kier alpha value is -2.09. The van der Waals surface area contributed by atoms with E-state index >= 15 is 0 Å². The van der Waals surface area contributed by atoms with Crippen LogP contribution in [0.1, 0.15) is 42.4 Å². The maximum atomic E-state index is 10.9. The number of aryl methyl sites for hydroxylation is 1. The summed E-state index contributed by atoms with van der Waals surface area (Å²) in [5.41, 5.74) is 6.53. The maximum absolute atomic E-state index is 10.9. The molecule has 1 N–H and O–H groups in total. The van der Waals surface area contributed by atoms with E-state index in [0.29, 0.717) is 6.42 Å². The van der Waals surface area contributed by atoms with Crippen molar-refractivity contribution < 1.29 is 9.90 Å². The van der Waals surface area contributed by atoms with Crippen molar-refractivity contribution in [2.45, 2.75) is 32.1 Å². The van der Waals surface area contributed by atoms with E-state index in [-0.39, 0.29) is 12.3 Å². The van der Waals surface area contributed by atoms with E-state index in [1.807, 2.05) is 6.07 Å². The van der Waals surface area contributed by atoms with Crippen LogP contribution in [0.3, 0.4) is 0 Å². The molecule has 0 aromatic heterocycles. The number of carboxylic acids is 1. The first-order valence-electron chi connectivity index (χ1n) is 7.15. The minimum atomic E-state index is -0.718. The number of carbonyl (C=O) groups is 1. The third-order valence-corrected chi connectivity index (χ3v) is 4.20. The molecular weight excluding hydrogens is 248 g/mol. The van der Waals surface area contributed by atoms with Crippen molar-refractivity contribution in [3.63, 3.8) is 0 Å². The van der Waals surface area contributed by atoms with Crippen LogP contribution in [0.15, 0.2) is 42.5 Å². The van der Waals surface area contributed by atoms with Crippen LogP contribution in [0.4, 0.5) is 0 Å². The maximum Gasteiger partial charge on any atom is 0.303 e. The van der Waals surface area contributed by atoms with Crippen LogP contribution in [0.2, 0.25) is 0 Å². The van der Waals surface area contributed by atoms with E-state index in [4.69, 9.17) is 5.11 Å². The van der Waals surface area contributed by atoms with Gasteiger partial charge in [-0.25, -0.2) is 0 Å². The molecule has 2 aromatic rings. The Balaban J connectivity index is 2.13. The molecule has 0 spiro atoms. The van der Waals surface area contributed by atoms with Crippen molar-refractivity contribution >= 4 is 5.97 Å². The quantitative estimate of drug-likeness (QED) is 0.899. The van der Waals surface area contributed by atoms with Gasteiger partial charge in [-0.2, -0.15) is 0 Å². The molecule has 0 radical (unpaired) electrons. The molecule has 2 heteroatoms. The van der Waals surface area contributed by atoms with Gasteiger partial charge in [-0.1, -0.05) is 49.4 Å². The Bertz CT molecular complexity index is 658. The number of carboxylic acid groups (broad SMARTS) is 1. The zero-order valence-corrected chi connectivity index (χ0v) is 11.6. The molecule has 1 aliphatic carbocycles. The number of benzene rings is 2. The summed E-state index contributed by atoms with van der Waals surface area (Å²) in [7, 11) is 0. The Labute approximate surface area is 119 Å². The largest absolute Gasteiger partial charge is 0.481 e. The highest BCUT2D eigenvalue weighted by molar-refractivity contribution is 5.80. The second-order valence-electron chi connectivity index (χ2n) is 5.30. The summed E-state index contributed by atoms with van der Waals surface area (Å²) < 4.78 is 0. The lowest BCUT2D eigenvalue weighted by Gasteiger charge is -2.15. The molecule has 0 saturated carbocycles. The second kappa shape index (κ2) is 5.12. The predicted molar refractivity (Wildman–Crippen MR) is 80.0 cm³/mol. The molecule has 0 amide bonds. The SMILES string of the molecule is CCc1cccc2c1C(CCC(=O)O)c1ccccc1-2. The third-order valence-electron chi connectivity index (χ3n) is 4.20. The lowest BCUT2D eigenvalue weighted by Crippen LogP contribution is -2.04. The number of hydrogen-bond donors (Lipinski definition) is 1. The van der Waals surface area contributed by atoms with Gasteiger partial charge in [0.25, 0.3) is 0 Å². The van der Waals surface area contributed by atoms with Gasteiger partial charge in [-0.05, 0) is 40.7 Å². The highest BCUT2D eigenvalue weighted by atomic mass is 16.4. The number of hydrogen-bond acceptors (Lipinski definition) is 1. The second-order valence-corrected chi connectivity index (χ2v) is 5.30. The van der Waals surface area contributed by atoms with Crippen molar-refractivity contribution in [1.29, 1.82) is 0 Å². The molecule has 0 bridgehead atoms. The molecule has 0 saturated heterocycles. The van der Waals surface area contributed by atoms with Crippen LogP contribution in [-0.4, -0.2) is 11.1 Å². The van der Waals surface area contributed by atoms with Gasteiger partial charge < -0.3 is 5.11 Å². The lowest BCUT2D eigenvalue weighted by atomic mass is 9.88. The monoisotopic (exact) mass is 266 g/mol. The van der Waals surface area contributed by atoms with Gasteiger partial charge >= 0.3 is 5.97 Å². The molecule has 2 nitrogen and oxygen atoms in total. The van der Waals surface area contributed by atoms with Crippen LogP contribution in [-0.2, 0) is 11.2 Å². The summed E-state index contributed by atoms with van der Waals surface area (Å²) >= 11 is 0. The normalized spacial score (nSPS) is 15.8. The van der Waals surface area contributed by atoms with Crippen molar-refractivity contribution in [1.82, 2.24) is 0 Å². The van der Waals surface area contributed by atoms with Crippen molar-refractivity contribution in [2.24, 2.45) is 0 Å². The van der Waals surface area contributed by atoms with E-state index in [9.17, 15) is 4.79 Å². The molecule has 0 fully saturated rings. The fourth-order valence-corrected chi connectivity index (χ4v) is 3.34. The summed E-state index contributed by atoms with van der Waals surface area (Å²) in [6.07, 6.45) is 1.88. The molecule has 2 aromatic carbocycles. The average molecular weight is 266 g/mol. The summed E-state index contributed by atoms with van der Waals surface area (Å²) in [5, 5.41) is 9.00. The zero-order valence-electron chi connectivity index (χ0n) is 11.6. The summed E-state index contributed by atoms with van der Waals surface area (Å²) in [6, 6.07) is 14.8. The highest BCUT2D eigenvalue weighted by Gasteiger charge is 2.30. The molecule has 0 heterocycles. The van der Waals surface area contributed by atoms with Gasteiger partial charge in [-0.15, -0.1) is 0 Å². The Morgan fingerprint density at radius 3 is 2.60 bits per heavy atom. The van der Waals surface area contributed by atoms with Gasteiger partial charge in [-0.3, -0.25) is 4.79 Å². The molecular formula is C18H18O2. The van der Waals surface area contributed by atoms with E-state index < -0.39 is 5.97 Å². The highest BCUT2D eigenvalue weighted by Crippen LogP contribution is 2.48. The third kappa shape index (κ3) is 2.01. The van der Waals surface area contributed by atoms with Crippen LogP contribution < -0.4 is 0 Å². The number of aliphatic carboxylic acids is 1. The van der Waals surface area contributed by atoms with Gasteiger partial charge in [0.05, 0.1) is 0 Å². The van der Waals surface area contributed by atoms with Crippen molar-refractivity contribution in [2.75, 3.05) is 0 Å². The van der Waals surface area contributed by atoms with Gasteiger partial charge in [0, 0.05) is 12.3 Å². The van der Waals surface area contributed by atoms with E-state index in [0.717, 1.165) is 6.42 Å². The smallest absolute Gasteiger partial charge is 0.303 e. The topological polar surface area (TPSA) is 37.3 Å². The molecule has 3 rings (SSSR count). The Morgan fingerprint density at radius 1 is 1.10 bits per heavy atom. The molecule has 1 atom stereocenters. The van der Waals surface area contributed by atoms with Crippen LogP contribution >= 0.6 is 0 Å². The molecule has 20 heavy (non-hydrogen) atoms. The van der Waals surface area contributed by atoms with Gasteiger partial charge in [0.15, 0.2) is 0 Å². The first-order valence-corrected chi connectivity index (χ1v) is 7.15. The van der Waals surface area contributed by atoms with Crippen molar-refractivity contribution in [3.8, 4) is 11.1 Å². The predicted octanol–water partition coefficient (Wildman–Crippen LogP) is 4.23. The minimum Gasteiger partial charge on any atom is -0.481 e. The summed E-state index contributed by atoms with van der Waals surface area (Å²) in [4.78, 5) is 10.9. The van der Waals surface area contributed by atoms with Crippen molar-refractivity contribution in [3.05, 3.63) is 59.2 Å². The standard InChI is InChI=1S/C18H18O2/c1-2-12-6-5-9-15-13-7-3-4-8-14(13)16(18(12)15)10-11-17(19)20/h3-9,16H,2,10-11H2,1H3,(H,19,20). The molecule has 0 aliphatic heterocycles. The first kappa shape index (κ1) is 12.9. The van der Waals surface area contributed by atoms with Crippen LogP contribution in [0, 0.1) is 0 Å². The van der Waals surface area contributed by atoms with E-state index in [1.54, 1.807) is 0 Å². The molecule has 1 unspecified atom stereocenters. The zero-order chi connectivity index (χ0) is 14.1. The molecule has 1 aliphatic rings. The Morgan fingerprint density at radius 2 is 1.85 bits per heavy atom. The number of rotatable bonds is 4. The Kier molecular flexibility index (Phi) is 3.31. The lowest BCUT2D eigenvalue weighted by molar-refractivity contribution is -0.137. The van der Waals surface area contributed by atoms with E-state index in [1.165, 1.54) is 27.8 Å². The van der Waals surface area contributed by atoms with Crippen LogP contribution in [0.5, 0.6) is 0 Å². The minimum absolute atomic E-state index is 0.219. The molecule has 102 valence electrons. The first-order chi connectivity index (χ1) is 9.72. The number of fused-ring (bicyclic) bond motifs is 3. The van der Waals surface area contributed by atoms with Gasteiger partial charge in [0.1, 0.15) is 0 Å².